The standard InChI is InChI=1S/C18H27FN4OS/c1-3-20-18(23-12-10-22(11-13-23)15(2)24)21-9-4-14-25-17-7-5-16(19)6-8-17/h5-8H,3-4,9-14H2,1-2H3,(H,20,21). The van der Waals surface area contributed by atoms with Crippen molar-refractivity contribution < 1.29 is 9.18 Å². The van der Waals surface area contributed by atoms with Gasteiger partial charge in [0.15, 0.2) is 5.96 Å². The van der Waals surface area contributed by atoms with E-state index in [1.54, 1.807) is 18.7 Å². The fourth-order valence-corrected chi connectivity index (χ4v) is 3.47. The third kappa shape index (κ3) is 6.57. The summed E-state index contributed by atoms with van der Waals surface area (Å²) in [7, 11) is 0. The molecule has 1 aromatic rings. The first-order valence-electron chi connectivity index (χ1n) is 8.77. The molecule has 25 heavy (non-hydrogen) atoms. The molecule has 0 atom stereocenters. The van der Waals surface area contributed by atoms with Gasteiger partial charge in [-0.25, -0.2) is 4.39 Å². The molecule has 0 spiro atoms. The van der Waals surface area contributed by atoms with Crippen molar-refractivity contribution in [1.82, 2.24) is 15.1 Å². The molecule has 0 bridgehead atoms. The maximum Gasteiger partial charge on any atom is 0.219 e. The summed E-state index contributed by atoms with van der Waals surface area (Å²) < 4.78 is 12.9. The fourth-order valence-electron chi connectivity index (χ4n) is 2.63. The van der Waals surface area contributed by atoms with Crippen molar-refractivity contribution in [3.8, 4) is 0 Å². The van der Waals surface area contributed by atoms with E-state index >= 15 is 0 Å². The summed E-state index contributed by atoms with van der Waals surface area (Å²) in [4.78, 5) is 21.3. The minimum Gasteiger partial charge on any atom is -0.357 e. The van der Waals surface area contributed by atoms with E-state index in [2.05, 4.69) is 17.1 Å². The Morgan fingerprint density at radius 2 is 1.84 bits per heavy atom. The van der Waals surface area contributed by atoms with Crippen molar-refractivity contribution in [2.24, 2.45) is 4.99 Å². The van der Waals surface area contributed by atoms with Crippen LogP contribution in [0.25, 0.3) is 0 Å². The quantitative estimate of drug-likeness (QED) is 0.364. The minimum atomic E-state index is -0.200. The predicted octanol–water partition coefficient (Wildman–Crippen LogP) is 2.44. The molecule has 0 unspecified atom stereocenters. The van der Waals surface area contributed by atoms with Crippen LogP contribution in [0.1, 0.15) is 20.3 Å². The first-order valence-corrected chi connectivity index (χ1v) is 9.76. The first-order chi connectivity index (χ1) is 12.1. The van der Waals surface area contributed by atoms with Gasteiger partial charge in [-0.15, -0.1) is 11.8 Å². The Kier molecular flexibility index (Phi) is 8.04. The summed E-state index contributed by atoms with van der Waals surface area (Å²) in [6.45, 7) is 8.39. The van der Waals surface area contributed by atoms with Crippen molar-refractivity contribution in [3.63, 3.8) is 0 Å². The van der Waals surface area contributed by atoms with Crippen molar-refractivity contribution >= 4 is 23.6 Å². The highest BCUT2D eigenvalue weighted by atomic mass is 32.2. The molecular weight excluding hydrogens is 339 g/mol. The zero-order valence-electron chi connectivity index (χ0n) is 15.0. The monoisotopic (exact) mass is 366 g/mol. The molecule has 1 fully saturated rings. The number of carbonyl (C=O) groups excluding carboxylic acids is 1. The Bertz CT molecular complexity index is 571. The number of hydrogen-bond acceptors (Lipinski definition) is 3. The normalized spacial score (nSPS) is 15.4. The van der Waals surface area contributed by atoms with Crippen molar-refractivity contribution in [2.45, 2.75) is 25.2 Å². The zero-order chi connectivity index (χ0) is 18.1. The lowest BCUT2D eigenvalue weighted by atomic mass is 10.3. The van der Waals surface area contributed by atoms with Crippen LogP contribution in [0.2, 0.25) is 0 Å². The summed E-state index contributed by atoms with van der Waals surface area (Å²) >= 11 is 1.72. The maximum absolute atomic E-state index is 12.9. The maximum atomic E-state index is 12.9. The van der Waals surface area contributed by atoms with Crippen LogP contribution in [0, 0.1) is 5.82 Å². The molecule has 5 nitrogen and oxygen atoms in total. The molecule has 138 valence electrons. The summed E-state index contributed by atoms with van der Waals surface area (Å²) in [5.74, 6) is 1.82. The second-order valence-corrected chi connectivity index (χ2v) is 7.05. The average molecular weight is 367 g/mol. The second kappa shape index (κ2) is 10.3. The number of thioether (sulfide) groups is 1. The Labute approximate surface area is 153 Å². The molecule has 2 rings (SSSR count). The number of nitrogens with zero attached hydrogens (tertiary/aromatic N) is 3. The van der Waals surface area contributed by atoms with E-state index < -0.39 is 0 Å². The molecule has 1 saturated heterocycles. The van der Waals surface area contributed by atoms with Crippen molar-refractivity contribution in [3.05, 3.63) is 30.1 Å². The van der Waals surface area contributed by atoms with Crippen molar-refractivity contribution in [2.75, 3.05) is 45.0 Å². The predicted molar refractivity (Wildman–Crippen MR) is 102 cm³/mol. The van der Waals surface area contributed by atoms with E-state index in [4.69, 9.17) is 4.99 Å². The number of halogens is 1. The van der Waals surface area contributed by atoms with Crippen LogP contribution in [0.3, 0.4) is 0 Å². The van der Waals surface area contributed by atoms with Gasteiger partial charge in [0.2, 0.25) is 5.91 Å². The van der Waals surface area contributed by atoms with Crippen LogP contribution < -0.4 is 5.32 Å². The third-order valence-corrected chi connectivity index (χ3v) is 5.10. The van der Waals surface area contributed by atoms with Gasteiger partial charge in [0, 0.05) is 51.1 Å². The second-order valence-electron chi connectivity index (χ2n) is 5.88. The number of benzene rings is 1. The number of guanidine groups is 1. The molecule has 0 radical (unpaired) electrons. The highest BCUT2D eigenvalue weighted by Gasteiger charge is 2.20. The number of piperazine rings is 1. The van der Waals surface area contributed by atoms with Gasteiger partial charge in [-0.3, -0.25) is 9.79 Å². The molecule has 7 heteroatoms. The topological polar surface area (TPSA) is 47.9 Å². The molecule has 1 heterocycles. The van der Waals surface area contributed by atoms with E-state index in [0.717, 1.165) is 62.3 Å². The van der Waals surface area contributed by atoms with E-state index in [1.807, 2.05) is 17.0 Å². The number of nitrogens with one attached hydrogen (secondary N) is 1. The Balaban J connectivity index is 1.75. The zero-order valence-corrected chi connectivity index (χ0v) is 15.8. The Hall–Kier alpha value is -1.76. The van der Waals surface area contributed by atoms with Crippen LogP contribution in [-0.2, 0) is 4.79 Å². The molecule has 1 aliphatic heterocycles. The van der Waals surface area contributed by atoms with Gasteiger partial charge >= 0.3 is 0 Å². The molecule has 0 aromatic heterocycles. The lowest BCUT2D eigenvalue weighted by Crippen LogP contribution is -2.53. The molecule has 1 aliphatic rings. The van der Waals surface area contributed by atoms with Crippen LogP contribution in [0.5, 0.6) is 0 Å². The number of carbonyl (C=O) groups is 1. The molecule has 0 aliphatic carbocycles. The van der Waals surface area contributed by atoms with E-state index in [0.29, 0.717) is 0 Å². The summed E-state index contributed by atoms with van der Waals surface area (Å²) in [5.41, 5.74) is 0. The van der Waals surface area contributed by atoms with Gasteiger partial charge in [-0.05, 0) is 43.4 Å². The van der Waals surface area contributed by atoms with Gasteiger partial charge in [0.25, 0.3) is 0 Å². The molecule has 1 N–H and O–H groups in total. The number of aliphatic imine (C=N–C) groups is 1. The number of hydrogen-bond donors (Lipinski definition) is 1. The van der Waals surface area contributed by atoms with Gasteiger partial charge in [0.1, 0.15) is 5.82 Å². The van der Waals surface area contributed by atoms with E-state index in [9.17, 15) is 9.18 Å². The molecule has 1 amide bonds. The fraction of sp³-hybridized carbons (Fsp3) is 0.556. The van der Waals surface area contributed by atoms with Gasteiger partial charge in [-0.1, -0.05) is 0 Å². The van der Waals surface area contributed by atoms with Crippen LogP contribution in [0.4, 0.5) is 4.39 Å². The third-order valence-electron chi connectivity index (χ3n) is 4.01. The highest BCUT2D eigenvalue weighted by Crippen LogP contribution is 2.18. The Morgan fingerprint density at radius 1 is 1.20 bits per heavy atom. The van der Waals surface area contributed by atoms with Gasteiger partial charge in [0.05, 0.1) is 0 Å². The molecule has 1 aromatic carbocycles. The SMILES string of the molecule is CCNC(=NCCCSc1ccc(F)cc1)N1CCN(C(C)=O)CC1. The lowest BCUT2D eigenvalue weighted by molar-refractivity contribution is -0.130. The van der Waals surface area contributed by atoms with Crippen LogP contribution in [-0.4, -0.2) is 66.7 Å². The Morgan fingerprint density at radius 3 is 2.44 bits per heavy atom. The van der Waals surface area contributed by atoms with Crippen LogP contribution >= 0.6 is 11.8 Å². The largest absolute Gasteiger partial charge is 0.357 e. The lowest BCUT2D eigenvalue weighted by Gasteiger charge is -2.36. The van der Waals surface area contributed by atoms with Gasteiger partial charge < -0.3 is 15.1 Å². The first kappa shape index (κ1) is 19.6. The average Bonchev–Trinajstić information content (AvgIpc) is 2.62. The van der Waals surface area contributed by atoms with Crippen LogP contribution in [0.15, 0.2) is 34.2 Å². The minimum absolute atomic E-state index is 0.138. The highest BCUT2D eigenvalue weighted by molar-refractivity contribution is 7.99. The summed E-state index contributed by atoms with van der Waals surface area (Å²) in [6, 6.07) is 6.60. The number of rotatable bonds is 6. The smallest absolute Gasteiger partial charge is 0.219 e. The number of amides is 1. The van der Waals surface area contributed by atoms with E-state index in [-0.39, 0.29) is 11.7 Å². The van der Waals surface area contributed by atoms with Gasteiger partial charge in [-0.2, -0.15) is 0 Å². The summed E-state index contributed by atoms with van der Waals surface area (Å²) in [5, 5.41) is 3.34. The molecular formula is C18H27FN4OS. The molecule has 0 saturated carbocycles. The van der Waals surface area contributed by atoms with E-state index in [1.165, 1.54) is 12.1 Å². The summed E-state index contributed by atoms with van der Waals surface area (Å²) in [6.07, 6.45) is 0.963. The van der Waals surface area contributed by atoms with Crippen molar-refractivity contribution in [1.29, 1.82) is 0 Å².